The van der Waals surface area contributed by atoms with E-state index < -0.39 is 5.54 Å². The van der Waals surface area contributed by atoms with E-state index >= 15 is 0 Å². The Hall–Kier alpha value is -1.02. The van der Waals surface area contributed by atoms with Crippen LogP contribution in [0.15, 0.2) is 16.6 Å². The standard InChI is InChI=1S/C15H21BrN2O4.ClH/c1-20-12-7-10(11(16)8-13(12)21-2)9-18-14(19)15(17)3-5-22-6-4-15;/h7-8H,3-6,9,17H2,1-2H3,(H,18,19);1H. The topological polar surface area (TPSA) is 82.8 Å². The lowest BCUT2D eigenvalue weighted by Gasteiger charge is -2.31. The molecule has 2 rings (SSSR count). The largest absolute Gasteiger partial charge is 0.493 e. The summed E-state index contributed by atoms with van der Waals surface area (Å²) in [6.07, 6.45) is 1.07. The molecule has 6 nitrogen and oxygen atoms in total. The summed E-state index contributed by atoms with van der Waals surface area (Å²) in [5, 5.41) is 2.89. The van der Waals surface area contributed by atoms with Crippen molar-refractivity contribution in [3.05, 3.63) is 22.2 Å². The molecule has 1 heterocycles. The molecule has 0 saturated carbocycles. The van der Waals surface area contributed by atoms with Crippen molar-refractivity contribution < 1.29 is 19.0 Å². The molecule has 1 aliphatic rings. The minimum atomic E-state index is -0.846. The van der Waals surface area contributed by atoms with Gasteiger partial charge < -0.3 is 25.3 Å². The predicted octanol–water partition coefficient (Wildman–Crippen LogP) is 2.01. The van der Waals surface area contributed by atoms with Crippen LogP contribution in [0.25, 0.3) is 0 Å². The number of methoxy groups -OCH3 is 2. The molecule has 0 aromatic heterocycles. The van der Waals surface area contributed by atoms with Crippen LogP contribution in [0, 0.1) is 0 Å². The quantitative estimate of drug-likeness (QED) is 0.777. The number of carbonyl (C=O) groups excluding carboxylic acids is 1. The van der Waals surface area contributed by atoms with E-state index in [1.165, 1.54) is 0 Å². The van der Waals surface area contributed by atoms with Crippen molar-refractivity contribution in [3.63, 3.8) is 0 Å². The molecule has 0 aliphatic carbocycles. The number of benzene rings is 1. The van der Waals surface area contributed by atoms with Gasteiger partial charge in [0, 0.05) is 24.2 Å². The molecule has 130 valence electrons. The van der Waals surface area contributed by atoms with Crippen molar-refractivity contribution in [2.75, 3.05) is 27.4 Å². The Balaban J connectivity index is 0.00000264. The van der Waals surface area contributed by atoms with Gasteiger partial charge in [0.1, 0.15) is 0 Å². The van der Waals surface area contributed by atoms with Crippen LogP contribution in [-0.2, 0) is 16.1 Å². The van der Waals surface area contributed by atoms with Crippen LogP contribution in [0.2, 0.25) is 0 Å². The number of halogens is 2. The number of hydrogen-bond donors (Lipinski definition) is 2. The van der Waals surface area contributed by atoms with Gasteiger partial charge in [-0.1, -0.05) is 15.9 Å². The van der Waals surface area contributed by atoms with Crippen molar-refractivity contribution >= 4 is 34.2 Å². The summed E-state index contributed by atoms with van der Waals surface area (Å²) in [4.78, 5) is 12.3. The van der Waals surface area contributed by atoms with E-state index in [0.29, 0.717) is 44.1 Å². The van der Waals surface area contributed by atoms with Gasteiger partial charge in [0.05, 0.1) is 19.8 Å². The van der Waals surface area contributed by atoms with Crippen LogP contribution in [0.4, 0.5) is 0 Å². The molecule has 1 saturated heterocycles. The van der Waals surface area contributed by atoms with Gasteiger partial charge in [-0.3, -0.25) is 4.79 Å². The van der Waals surface area contributed by atoms with Gasteiger partial charge in [-0.05, 0) is 30.5 Å². The molecule has 8 heteroatoms. The summed E-state index contributed by atoms with van der Waals surface area (Å²) in [6, 6.07) is 3.64. The molecule has 0 bridgehead atoms. The number of rotatable bonds is 5. The maximum atomic E-state index is 12.3. The second-order valence-electron chi connectivity index (χ2n) is 5.25. The average Bonchev–Trinajstić information content (AvgIpc) is 2.53. The molecule has 23 heavy (non-hydrogen) atoms. The van der Waals surface area contributed by atoms with Gasteiger partial charge >= 0.3 is 0 Å². The first-order chi connectivity index (χ1) is 10.5. The maximum Gasteiger partial charge on any atom is 0.240 e. The van der Waals surface area contributed by atoms with Crippen LogP contribution in [0.3, 0.4) is 0 Å². The Morgan fingerprint density at radius 1 is 1.30 bits per heavy atom. The molecule has 0 spiro atoms. The second kappa shape index (κ2) is 8.73. The van der Waals surface area contributed by atoms with Crippen LogP contribution >= 0.6 is 28.3 Å². The van der Waals surface area contributed by atoms with E-state index in [4.69, 9.17) is 19.9 Å². The van der Waals surface area contributed by atoms with E-state index in [1.54, 1.807) is 14.2 Å². The first kappa shape index (κ1) is 20.0. The third-order valence-corrected chi connectivity index (χ3v) is 4.57. The van der Waals surface area contributed by atoms with Crippen molar-refractivity contribution in [1.29, 1.82) is 0 Å². The van der Waals surface area contributed by atoms with Gasteiger partial charge in [0.25, 0.3) is 0 Å². The Bertz CT molecular complexity index is 551. The van der Waals surface area contributed by atoms with Crippen molar-refractivity contribution in [1.82, 2.24) is 5.32 Å². The molecule has 0 unspecified atom stereocenters. The zero-order chi connectivity index (χ0) is 16.2. The van der Waals surface area contributed by atoms with Gasteiger partial charge in [0.15, 0.2) is 11.5 Å². The fraction of sp³-hybridized carbons (Fsp3) is 0.533. The second-order valence-corrected chi connectivity index (χ2v) is 6.10. The minimum absolute atomic E-state index is 0. The number of carbonyl (C=O) groups is 1. The van der Waals surface area contributed by atoms with Crippen LogP contribution in [-0.4, -0.2) is 38.9 Å². The average molecular weight is 410 g/mol. The van der Waals surface area contributed by atoms with E-state index in [0.717, 1.165) is 10.0 Å². The lowest BCUT2D eigenvalue weighted by molar-refractivity contribution is -0.129. The SMILES string of the molecule is COc1cc(Br)c(CNC(=O)C2(N)CCOCC2)cc1OC.Cl. The summed E-state index contributed by atoms with van der Waals surface area (Å²) in [6.45, 7) is 1.40. The van der Waals surface area contributed by atoms with E-state index in [-0.39, 0.29) is 18.3 Å². The van der Waals surface area contributed by atoms with Crippen LogP contribution < -0.4 is 20.5 Å². The molecule has 0 radical (unpaired) electrons. The zero-order valence-corrected chi connectivity index (χ0v) is 15.6. The van der Waals surface area contributed by atoms with E-state index in [2.05, 4.69) is 21.2 Å². The zero-order valence-electron chi connectivity index (χ0n) is 13.2. The van der Waals surface area contributed by atoms with Gasteiger partial charge in [-0.25, -0.2) is 0 Å². The highest BCUT2D eigenvalue weighted by Crippen LogP contribution is 2.33. The molecular weight excluding hydrogens is 388 g/mol. The summed E-state index contributed by atoms with van der Waals surface area (Å²) in [5.74, 6) is 1.09. The Morgan fingerprint density at radius 2 is 1.87 bits per heavy atom. The van der Waals surface area contributed by atoms with Gasteiger partial charge in [-0.2, -0.15) is 0 Å². The highest BCUT2D eigenvalue weighted by molar-refractivity contribution is 9.10. The van der Waals surface area contributed by atoms with Crippen LogP contribution in [0.1, 0.15) is 18.4 Å². The Morgan fingerprint density at radius 3 is 2.43 bits per heavy atom. The van der Waals surface area contributed by atoms with Crippen molar-refractivity contribution in [2.45, 2.75) is 24.9 Å². The highest BCUT2D eigenvalue weighted by Gasteiger charge is 2.35. The molecule has 1 amide bonds. The van der Waals surface area contributed by atoms with Crippen molar-refractivity contribution in [2.24, 2.45) is 5.73 Å². The summed E-state index contributed by atoms with van der Waals surface area (Å²) in [7, 11) is 3.15. The van der Waals surface area contributed by atoms with Gasteiger partial charge in [-0.15, -0.1) is 12.4 Å². The predicted molar refractivity (Wildman–Crippen MR) is 93.3 cm³/mol. The molecule has 1 aliphatic heterocycles. The smallest absolute Gasteiger partial charge is 0.240 e. The molecule has 1 aromatic carbocycles. The number of nitrogens with two attached hydrogens (primary N) is 1. The molecule has 0 atom stereocenters. The first-order valence-corrected chi connectivity index (χ1v) is 7.85. The Labute approximate surface area is 150 Å². The first-order valence-electron chi connectivity index (χ1n) is 7.05. The maximum absolute atomic E-state index is 12.3. The van der Waals surface area contributed by atoms with E-state index in [1.807, 2.05) is 12.1 Å². The monoisotopic (exact) mass is 408 g/mol. The third-order valence-electron chi connectivity index (χ3n) is 3.83. The lowest BCUT2D eigenvalue weighted by Crippen LogP contribution is -2.56. The Kier molecular flexibility index (Phi) is 7.60. The van der Waals surface area contributed by atoms with Crippen molar-refractivity contribution in [3.8, 4) is 11.5 Å². The number of nitrogens with one attached hydrogen (secondary N) is 1. The normalized spacial score (nSPS) is 16.2. The molecule has 1 aromatic rings. The number of ether oxygens (including phenoxy) is 3. The third kappa shape index (κ3) is 4.73. The van der Waals surface area contributed by atoms with Gasteiger partial charge in [0.2, 0.25) is 5.91 Å². The lowest BCUT2D eigenvalue weighted by atomic mass is 9.90. The number of amides is 1. The fourth-order valence-electron chi connectivity index (χ4n) is 2.35. The molecular formula is C15H22BrClN2O4. The molecule has 1 fully saturated rings. The van der Waals surface area contributed by atoms with E-state index in [9.17, 15) is 4.79 Å². The summed E-state index contributed by atoms with van der Waals surface area (Å²) >= 11 is 3.47. The molecule has 3 N–H and O–H groups in total. The highest BCUT2D eigenvalue weighted by atomic mass is 79.9. The number of hydrogen-bond acceptors (Lipinski definition) is 5. The van der Waals surface area contributed by atoms with Crippen LogP contribution in [0.5, 0.6) is 11.5 Å². The minimum Gasteiger partial charge on any atom is -0.493 e. The fourth-order valence-corrected chi connectivity index (χ4v) is 2.81. The summed E-state index contributed by atoms with van der Waals surface area (Å²) < 4.78 is 16.6. The summed E-state index contributed by atoms with van der Waals surface area (Å²) in [5.41, 5.74) is 6.20.